The van der Waals surface area contributed by atoms with Crippen LogP contribution in [0, 0.1) is 12.8 Å². The normalized spacial score (nSPS) is 17.9. The summed E-state index contributed by atoms with van der Waals surface area (Å²) in [4.78, 5) is 13.7. The van der Waals surface area contributed by atoms with E-state index < -0.39 is 11.9 Å². The molecule has 2 aromatic rings. The number of carbonyl (C=O) groups is 1. The molecular weight excluding hydrogens is 338 g/mol. The van der Waals surface area contributed by atoms with Crippen molar-refractivity contribution >= 4 is 22.7 Å². The number of nitrogens with zero attached hydrogens (tertiary/aromatic N) is 1. The Labute approximate surface area is 160 Å². The van der Waals surface area contributed by atoms with E-state index in [0.29, 0.717) is 23.1 Å². The van der Waals surface area contributed by atoms with Gasteiger partial charge in [-0.1, -0.05) is 43.7 Å². The van der Waals surface area contributed by atoms with E-state index in [1.165, 1.54) is 5.56 Å². The standard InChI is InChI=1S/C23H27NO3/c1-14(2)13-16(4)24(18-9-5-15(3)6-10-18)19-11-7-17(8-12-19)20-21(25)23(27)22(20)26/h5-12,14,16,21,25-26H,13H2,1-4H3. The van der Waals surface area contributed by atoms with Crippen LogP contribution in [0.4, 0.5) is 11.4 Å². The zero-order chi connectivity index (χ0) is 19.7. The molecule has 0 aromatic heterocycles. The minimum absolute atomic E-state index is 0.307. The van der Waals surface area contributed by atoms with Gasteiger partial charge in [-0.15, -0.1) is 0 Å². The van der Waals surface area contributed by atoms with E-state index in [9.17, 15) is 15.0 Å². The summed E-state index contributed by atoms with van der Waals surface area (Å²) in [5, 5.41) is 19.5. The molecule has 0 aliphatic heterocycles. The van der Waals surface area contributed by atoms with Crippen LogP contribution in [-0.2, 0) is 4.79 Å². The number of anilines is 2. The molecule has 0 heterocycles. The van der Waals surface area contributed by atoms with Crippen LogP contribution in [-0.4, -0.2) is 28.1 Å². The monoisotopic (exact) mass is 365 g/mol. The number of Topliss-reactive ketones (excluding diaryl/α,β-unsaturated/α-hetero) is 1. The molecule has 1 aliphatic rings. The Morgan fingerprint density at radius 3 is 1.96 bits per heavy atom. The lowest BCUT2D eigenvalue weighted by Crippen LogP contribution is -2.35. The third kappa shape index (κ3) is 3.76. The molecule has 2 atom stereocenters. The predicted octanol–water partition coefficient (Wildman–Crippen LogP) is 4.78. The number of hydrogen-bond acceptors (Lipinski definition) is 4. The molecule has 4 heteroatoms. The van der Waals surface area contributed by atoms with Crippen molar-refractivity contribution in [1.82, 2.24) is 0 Å². The number of aryl methyl sites for hydroxylation is 1. The summed E-state index contributed by atoms with van der Waals surface area (Å²) < 4.78 is 0. The lowest BCUT2D eigenvalue weighted by atomic mass is 9.85. The number of aliphatic hydroxyl groups excluding tert-OH is 2. The van der Waals surface area contributed by atoms with E-state index >= 15 is 0 Å². The van der Waals surface area contributed by atoms with Gasteiger partial charge in [0, 0.05) is 23.0 Å². The highest BCUT2D eigenvalue weighted by molar-refractivity contribution is 6.19. The minimum Gasteiger partial charge on any atom is -0.504 e. The van der Waals surface area contributed by atoms with Crippen LogP contribution < -0.4 is 4.90 Å². The van der Waals surface area contributed by atoms with Crippen LogP contribution in [0.3, 0.4) is 0 Å². The lowest BCUT2D eigenvalue weighted by molar-refractivity contribution is -0.125. The molecular formula is C23H27NO3. The number of rotatable bonds is 6. The largest absolute Gasteiger partial charge is 0.504 e. The average Bonchev–Trinajstić information content (AvgIpc) is 2.64. The van der Waals surface area contributed by atoms with Crippen molar-refractivity contribution in [1.29, 1.82) is 0 Å². The Morgan fingerprint density at radius 1 is 0.963 bits per heavy atom. The van der Waals surface area contributed by atoms with E-state index in [1.54, 1.807) is 0 Å². The minimum atomic E-state index is -1.22. The Bertz CT molecular complexity index is 850. The number of carbonyl (C=O) groups excluding carboxylic acids is 1. The highest BCUT2D eigenvalue weighted by atomic mass is 16.3. The molecule has 2 unspecified atom stereocenters. The topological polar surface area (TPSA) is 60.8 Å². The molecule has 0 spiro atoms. The first kappa shape index (κ1) is 19.2. The quantitative estimate of drug-likeness (QED) is 0.773. The number of ketones is 1. The van der Waals surface area contributed by atoms with Gasteiger partial charge in [0.1, 0.15) is 6.10 Å². The van der Waals surface area contributed by atoms with Gasteiger partial charge >= 0.3 is 0 Å². The fourth-order valence-electron chi connectivity index (χ4n) is 3.69. The third-order valence-electron chi connectivity index (χ3n) is 5.03. The van der Waals surface area contributed by atoms with Crippen molar-refractivity contribution in [2.45, 2.75) is 46.3 Å². The maximum atomic E-state index is 11.4. The number of hydrogen-bond donors (Lipinski definition) is 2. The molecule has 2 aromatic carbocycles. The summed E-state index contributed by atoms with van der Waals surface area (Å²) >= 11 is 0. The second-order valence-electron chi connectivity index (χ2n) is 7.76. The number of aliphatic hydroxyl groups is 2. The van der Waals surface area contributed by atoms with E-state index in [-0.39, 0.29) is 5.76 Å². The maximum Gasteiger partial charge on any atom is 0.230 e. The van der Waals surface area contributed by atoms with Crippen LogP contribution in [0.2, 0.25) is 0 Å². The Kier molecular flexibility index (Phi) is 5.38. The van der Waals surface area contributed by atoms with Gasteiger partial charge in [-0.05, 0) is 56.0 Å². The molecule has 2 N–H and O–H groups in total. The summed E-state index contributed by atoms with van der Waals surface area (Å²) in [6.07, 6.45) is -0.168. The van der Waals surface area contributed by atoms with Gasteiger partial charge in [-0.3, -0.25) is 4.79 Å². The van der Waals surface area contributed by atoms with E-state index in [4.69, 9.17) is 0 Å². The highest BCUT2D eigenvalue weighted by Gasteiger charge is 2.38. The first-order chi connectivity index (χ1) is 12.8. The van der Waals surface area contributed by atoms with E-state index in [2.05, 4.69) is 56.9 Å². The summed E-state index contributed by atoms with van der Waals surface area (Å²) in [5.41, 5.74) is 4.36. The molecule has 0 radical (unpaired) electrons. The summed E-state index contributed by atoms with van der Waals surface area (Å²) in [6, 6.07) is 16.4. The zero-order valence-electron chi connectivity index (χ0n) is 16.3. The summed E-state index contributed by atoms with van der Waals surface area (Å²) in [6.45, 7) is 8.73. The smallest absolute Gasteiger partial charge is 0.230 e. The molecule has 0 bridgehead atoms. The van der Waals surface area contributed by atoms with E-state index in [1.807, 2.05) is 24.3 Å². The van der Waals surface area contributed by atoms with Crippen LogP contribution in [0.15, 0.2) is 54.3 Å². The third-order valence-corrected chi connectivity index (χ3v) is 5.03. The fourth-order valence-corrected chi connectivity index (χ4v) is 3.69. The summed E-state index contributed by atoms with van der Waals surface area (Å²) in [7, 11) is 0. The molecule has 27 heavy (non-hydrogen) atoms. The first-order valence-electron chi connectivity index (χ1n) is 9.41. The van der Waals surface area contributed by atoms with Crippen molar-refractivity contribution in [2.75, 3.05) is 4.90 Å². The van der Waals surface area contributed by atoms with Crippen LogP contribution in [0.5, 0.6) is 0 Å². The Balaban J connectivity index is 1.95. The van der Waals surface area contributed by atoms with Crippen molar-refractivity contribution in [3.63, 3.8) is 0 Å². The Hall–Kier alpha value is -2.59. The average molecular weight is 365 g/mol. The molecule has 142 valence electrons. The van der Waals surface area contributed by atoms with Gasteiger partial charge in [-0.2, -0.15) is 0 Å². The van der Waals surface area contributed by atoms with Gasteiger partial charge in [-0.25, -0.2) is 0 Å². The van der Waals surface area contributed by atoms with Crippen molar-refractivity contribution < 1.29 is 15.0 Å². The van der Waals surface area contributed by atoms with Gasteiger partial charge in [0.15, 0.2) is 5.76 Å². The molecule has 4 nitrogen and oxygen atoms in total. The van der Waals surface area contributed by atoms with Crippen LogP contribution in [0.1, 0.15) is 38.3 Å². The molecule has 1 aliphatic carbocycles. The van der Waals surface area contributed by atoms with Crippen LogP contribution in [0.25, 0.3) is 5.57 Å². The van der Waals surface area contributed by atoms with Crippen LogP contribution >= 0.6 is 0 Å². The van der Waals surface area contributed by atoms with Crippen molar-refractivity contribution in [3.8, 4) is 0 Å². The molecule has 0 fully saturated rings. The summed E-state index contributed by atoms with van der Waals surface area (Å²) in [5.74, 6) is -0.370. The predicted molar refractivity (Wildman–Crippen MR) is 109 cm³/mol. The highest BCUT2D eigenvalue weighted by Crippen LogP contribution is 2.35. The van der Waals surface area contributed by atoms with Gasteiger partial charge in [0.2, 0.25) is 5.78 Å². The SMILES string of the molecule is Cc1ccc(N(c2ccc(C3=C(O)C(=O)C3O)cc2)C(C)CC(C)C)cc1. The number of benzene rings is 2. The molecule has 0 amide bonds. The molecule has 3 rings (SSSR count). The lowest BCUT2D eigenvalue weighted by Gasteiger charge is -2.33. The second kappa shape index (κ2) is 7.57. The first-order valence-corrected chi connectivity index (χ1v) is 9.41. The van der Waals surface area contributed by atoms with Gasteiger partial charge < -0.3 is 15.1 Å². The Morgan fingerprint density at radius 2 is 1.48 bits per heavy atom. The second-order valence-corrected chi connectivity index (χ2v) is 7.76. The zero-order valence-corrected chi connectivity index (χ0v) is 16.3. The molecule has 0 saturated carbocycles. The van der Waals surface area contributed by atoms with Gasteiger partial charge in [0.05, 0.1) is 0 Å². The van der Waals surface area contributed by atoms with Crippen molar-refractivity contribution in [3.05, 3.63) is 65.4 Å². The van der Waals surface area contributed by atoms with E-state index in [0.717, 1.165) is 17.8 Å². The molecule has 0 saturated heterocycles. The maximum absolute atomic E-state index is 11.4. The fraction of sp³-hybridized carbons (Fsp3) is 0.348. The van der Waals surface area contributed by atoms with Crippen molar-refractivity contribution in [2.24, 2.45) is 5.92 Å². The van der Waals surface area contributed by atoms with Gasteiger partial charge in [0.25, 0.3) is 0 Å².